The normalized spacial score (nSPS) is 11.9. The molecule has 1 aromatic carbocycles. The van der Waals surface area contributed by atoms with Gasteiger partial charge in [-0.3, -0.25) is 0 Å². The number of hydrogen-bond donors (Lipinski definition) is 2. The molecule has 0 aliphatic carbocycles. The van der Waals surface area contributed by atoms with E-state index in [4.69, 9.17) is 0 Å². The van der Waals surface area contributed by atoms with Gasteiger partial charge in [0, 0.05) is 11.4 Å². The van der Waals surface area contributed by atoms with E-state index >= 15 is 0 Å². The maximum absolute atomic E-state index is 13.0. The van der Waals surface area contributed by atoms with E-state index in [1.165, 1.54) is 12.1 Å². The Kier molecular flexibility index (Phi) is 4.52. The van der Waals surface area contributed by atoms with Gasteiger partial charge < -0.3 is 10.6 Å². The molecule has 1 aromatic heterocycles. The second kappa shape index (κ2) is 6.33. The fraction of sp³-hybridized carbons (Fsp3) is 0.214. The van der Waals surface area contributed by atoms with Gasteiger partial charge in [0.15, 0.2) is 0 Å². The standard InChI is InChI=1S/C14H15FN2OS/c1-10(13-6-3-7-19-13)17-14(18)16-9-11-4-2-5-12(15)8-11/h2-8,10H,9H2,1H3,(H2,16,17,18)/t10-/m0/s1. The van der Waals surface area contributed by atoms with Crippen LogP contribution in [0.3, 0.4) is 0 Å². The number of thiophene rings is 1. The zero-order valence-electron chi connectivity index (χ0n) is 10.5. The van der Waals surface area contributed by atoms with E-state index in [9.17, 15) is 9.18 Å². The summed E-state index contributed by atoms with van der Waals surface area (Å²) in [4.78, 5) is 12.8. The van der Waals surface area contributed by atoms with Crippen molar-refractivity contribution in [2.24, 2.45) is 0 Å². The molecule has 1 atom stereocenters. The van der Waals surface area contributed by atoms with Crippen LogP contribution in [-0.2, 0) is 6.54 Å². The number of halogens is 1. The highest BCUT2D eigenvalue weighted by Gasteiger charge is 2.09. The second-order valence-electron chi connectivity index (χ2n) is 4.19. The van der Waals surface area contributed by atoms with Crippen LogP contribution < -0.4 is 10.6 Å². The summed E-state index contributed by atoms with van der Waals surface area (Å²) in [6.07, 6.45) is 0. The topological polar surface area (TPSA) is 41.1 Å². The number of benzene rings is 1. The van der Waals surface area contributed by atoms with E-state index in [0.717, 1.165) is 10.4 Å². The molecule has 0 bridgehead atoms. The van der Waals surface area contributed by atoms with Crippen LogP contribution in [0.4, 0.5) is 9.18 Å². The molecule has 0 aliphatic rings. The summed E-state index contributed by atoms with van der Waals surface area (Å²) in [6, 6.07) is 9.80. The van der Waals surface area contributed by atoms with Crippen molar-refractivity contribution < 1.29 is 9.18 Å². The molecule has 2 rings (SSSR count). The smallest absolute Gasteiger partial charge is 0.315 e. The van der Waals surface area contributed by atoms with Crippen LogP contribution in [0, 0.1) is 5.82 Å². The molecule has 5 heteroatoms. The summed E-state index contributed by atoms with van der Waals surface area (Å²) in [5.41, 5.74) is 0.735. The minimum atomic E-state index is -0.299. The average Bonchev–Trinajstić information content (AvgIpc) is 2.90. The number of amides is 2. The van der Waals surface area contributed by atoms with E-state index < -0.39 is 0 Å². The fourth-order valence-electron chi connectivity index (χ4n) is 1.69. The van der Waals surface area contributed by atoms with Crippen LogP contribution in [0.15, 0.2) is 41.8 Å². The highest BCUT2D eigenvalue weighted by atomic mass is 32.1. The van der Waals surface area contributed by atoms with Gasteiger partial charge >= 0.3 is 6.03 Å². The van der Waals surface area contributed by atoms with Crippen molar-refractivity contribution >= 4 is 17.4 Å². The molecule has 100 valence electrons. The summed E-state index contributed by atoms with van der Waals surface area (Å²) in [7, 11) is 0. The highest BCUT2D eigenvalue weighted by molar-refractivity contribution is 7.10. The third kappa shape index (κ3) is 4.06. The van der Waals surface area contributed by atoms with Crippen molar-refractivity contribution in [1.29, 1.82) is 0 Å². The van der Waals surface area contributed by atoms with Crippen LogP contribution in [0.25, 0.3) is 0 Å². The van der Waals surface area contributed by atoms with Crippen molar-refractivity contribution in [2.45, 2.75) is 19.5 Å². The number of carbonyl (C=O) groups is 1. The van der Waals surface area contributed by atoms with Gasteiger partial charge in [-0.25, -0.2) is 9.18 Å². The zero-order chi connectivity index (χ0) is 13.7. The lowest BCUT2D eigenvalue weighted by Gasteiger charge is -2.13. The van der Waals surface area contributed by atoms with E-state index in [1.807, 2.05) is 24.4 Å². The van der Waals surface area contributed by atoms with Gasteiger partial charge in [-0.15, -0.1) is 11.3 Å². The van der Waals surface area contributed by atoms with E-state index in [1.54, 1.807) is 23.5 Å². The van der Waals surface area contributed by atoms with Crippen molar-refractivity contribution in [3.63, 3.8) is 0 Å². The lowest BCUT2D eigenvalue weighted by atomic mass is 10.2. The molecule has 2 N–H and O–H groups in total. The third-order valence-corrected chi connectivity index (χ3v) is 3.71. The Bertz CT molecular complexity index is 542. The predicted molar refractivity (Wildman–Crippen MR) is 74.5 cm³/mol. The van der Waals surface area contributed by atoms with Gasteiger partial charge in [-0.1, -0.05) is 18.2 Å². The quantitative estimate of drug-likeness (QED) is 0.883. The van der Waals surface area contributed by atoms with Gasteiger partial charge in [-0.2, -0.15) is 0 Å². The van der Waals surface area contributed by atoms with E-state index in [2.05, 4.69) is 10.6 Å². The molecule has 0 unspecified atom stereocenters. The van der Waals surface area contributed by atoms with Crippen LogP contribution in [-0.4, -0.2) is 6.03 Å². The number of rotatable bonds is 4. The number of urea groups is 1. The summed E-state index contributed by atoms with van der Waals surface area (Å²) in [5, 5.41) is 7.51. The lowest BCUT2D eigenvalue weighted by Crippen LogP contribution is -2.36. The molecular weight excluding hydrogens is 263 g/mol. The largest absolute Gasteiger partial charge is 0.334 e. The molecule has 0 saturated heterocycles. The maximum atomic E-state index is 13.0. The molecule has 3 nitrogen and oxygen atoms in total. The Labute approximate surface area is 115 Å². The van der Waals surface area contributed by atoms with Gasteiger partial charge in [0.05, 0.1) is 6.04 Å². The molecule has 2 aromatic rings. The maximum Gasteiger partial charge on any atom is 0.315 e. The molecule has 1 heterocycles. The van der Waals surface area contributed by atoms with Crippen LogP contribution in [0.1, 0.15) is 23.4 Å². The first-order chi connectivity index (χ1) is 9.15. The van der Waals surface area contributed by atoms with Gasteiger partial charge in [0.2, 0.25) is 0 Å². The molecule has 0 spiro atoms. The predicted octanol–water partition coefficient (Wildman–Crippen LogP) is 3.45. The summed E-state index contributed by atoms with van der Waals surface area (Å²) >= 11 is 1.60. The monoisotopic (exact) mass is 278 g/mol. The van der Waals surface area contributed by atoms with Crippen LogP contribution in [0.2, 0.25) is 0 Å². The van der Waals surface area contributed by atoms with Crippen molar-refractivity contribution in [3.8, 4) is 0 Å². The number of carbonyl (C=O) groups excluding carboxylic acids is 1. The first-order valence-corrected chi connectivity index (χ1v) is 6.85. The molecule has 2 amide bonds. The van der Waals surface area contributed by atoms with Gasteiger partial charge in [0.25, 0.3) is 0 Å². The average molecular weight is 278 g/mol. The van der Waals surface area contributed by atoms with Crippen molar-refractivity contribution in [3.05, 3.63) is 58.0 Å². The zero-order valence-corrected chi connectivity index (χ0v) is 11.3. The summed E-state index contributed by atoms with van der Waals surface area (Å²) < 4.78 is 13.0. The second-order valence-corrected chi connectivity index (χ2v) is 5.17. The SMILES string of the molecule is C[C@H](NC(=O)NCc1cccc(F)c1)c1cccs1. The minimum absolute atomic E-state index is 0.0347. The minimum Gasteiger partial charge on any atom is -0.334 e. The lowest BCUT2D eigenvalue weighted by molar-refractivity contribution is 0.237. The molecule has 0 aliphatic heterocycles. The van der Waals surface area contributed by atoms with E-state index in [-0.39, 0.29) is 17.9 Å². The summed E-state index contributed by atoms with van der Waals surface area (Å²) in [6.45, 7) is 2.23. The number of nitrogens with one attached hydrogen (secondary N) is 2. The van der Waals surface area contributed by atoms with E-state index in [0.29, 0.717) is 6.54 Å². The van der Waals surface area contributed by atoms with Gasteiger partial charge in [-0.05, 0) is 36.1 Å². The fourth-order valence-corrected chi connectivity index (χ4v) is 2.42. The molecule has 19 heavy (non-hydrogen) atoms. The Morgan fingerprint density at radius 2 is 2.21 bits per heavy atom. The van der Waals surface area contributed by atoms with Crippen molar-refractivity contribution in [2.75, 3.05) is 0 Å². The molecule has 0 saturated carbocycles. The van der Waals surface area contributed by atoms with Crippen LogP contribution >= 0.6 is 11.3 Å². The highest BCUT2D eigenvalue weighted by Crippen LogP contribution is 2.17. The Balaban J connectivity index is 1.82. The Morgan fingerprint density at radius 1 is 1.37 bits per heavy atom. The number of hydrogen-bond acceptors (Lipinski definition) is 2. The molecular formula is C14H15FN2OS. The van der Waals surface area contributed by atoms with Gasteiger partial charge in [0.1, 0.15) is 5.82 Å². The third-order valence-electron chi connectivity index (χ3n) is 2.66. The Hall–Kier alpha value is -1.88. The van der Waals surface area contributed by atoms with Crippen molar-refractivity contribution in [1.82, 2.24) is 10.6 Å². The summed E-state index contributed by atoms with van der Waals surface area (Å²) in [5.74, 6) is -0.299. The molecule has 0 fully saturated rings. The molecule has 0 radical (unpaired) electrons. The first-order valence-electron chi connectivity index (χ1n) is 5.97. The first kappa shape index (κ1) is 13.5. The Morgan fingerprint density at radius 3 is 2.89 bits per heavy atom. The van der Waals surface area contributed by atoms with Crippen LogP contribution in [0.5, 0.6) is 0 Å².